The van der Waals surface area contributed by atoms with Crippen molar-refractivity contribution in [3.63, 3.8) is 0 Å². The third-order valence-electron chi connectivity index (χ3n) is 15.1. The van der Waals surface area contributed by atoms with Crippen LogP contribution >= 0.6 is 0 Å². The largest absolute Gasteiger partial charge is 0.462 e. The van der Waals surface area contributed by atoms with Crippen LogP contribution in [0.1, 0.15) is 342 Å². The highest BCUT2D eigenvalue weighted by atomic mass is 16.6. The minimum atomic E-state index is -0.785. The van der Waals surface area contributed by atoms with Crippen LogP contribution in [0.15, 0.2) is 97.2 Å². The summed E-state index contributed by atoms with van der Waals surface area (Å²) < 4.78 is 16.8. The van der Waals surface area contributed by atoms with Gasteiger partial charge in [-0.25, -0.2) is 0 Å². The molecular formula is C75H130O6. The van der Waals surface area contributed by atoms with Crippen LogP contribution in [0.25, 0.3) is 0 Å². The molecule has 0 N–H and O–H groups in total. The molecule has 0 saturated heterocycles. The molecule has 0 aromatic carbocycles. The summed E-state index contributed by atoms with van der Waals surface area (Å²) >= 11 is 0. The summed E-state index contributed by atoms with van der Waals surface area (Å²) in [5, 5.41) is 0. The van der Waals surface area contributed by atoms with Gasteiger partial charge in [-0.1, -0.05) is 336 Å². The molecule has 0 amide bonds. The summed E-state index contributed by atoms with van der Waals surface area (Å²) in [6, 6.07) is 0. The van der Waals surface area contributed by atoms with Crippen LogP contribution < -0.4 is 0 Å². The van der Waals surface area contributed by atoms with E-state index in [0.717, 1.165) is 122 Å². The lowest BCUT2D eigenvalue weighted by molar-refractivity contribution is -0.167. The number of carbonyl (C=O) groups is 3. The SMILES string of the molecule is CC/C=C\C/C=C\C/C=C\C/C=C\C/C=C\C/C=C\C/C=C\C/C=C\CCCCCCC(=O)OCC(COC(=O)CCCCCCCC)OC(=O)CCCCCCCCCCCCCCCCCCCCCCCCCCCCCC. The van der Waals surface area contributed by atoms with E-state index < -0.39 is 6.10 Å². The van der Waals surface area contributed by atoms with Gasteiger partial charge in [0.1, 0.15) is 13.2 Å². The number of unbranched alkanes of at least 4 members (excludes halogenated alkanes) is 36. The van der Waals surface area contributed by atoms with E-state index in [4.69, 9.17) is 14.2 Å². The zero-order valence-corrected chi connectivity index (χ0v) is 53.5. The zero-order valence-electron chi connectivity index (χ0n) is 53.5. The maximum atomic E-state index is 12.9. The Morgan fingerprint density at radius 1 is 0.259 bits per heavy atom. The molecule has 6 nitrogen and oxygen atoms in total. The van der Waals surface area contributed by atoms with E-state index in [9.17, 15) is 14.4 Å². The van der Waals surface area contributed by atoms with Crippen LogP contribution in [0.5, 0.6) is 0 Å². The van der Waals surface area contributed by atoms with E-state index in [2.05, 4.69) is 118 Å². The summed E-state index contributed by atoms with van der Waals surface area (Å²) in [7, 11) is 0. The topological polar surface area (TPSA) is 78.9 Å². The maximum Gasteiger partial charge on any atom is 0.306 e. The Bertz CT molecular complexity index is 1580. The lowest BCUT2D eigenvalue weighted by Gasteiger charge is -2.18. The second-order valence-corrected chi connectivity index (χ2v) is 23.1. The van der Waals surface area contributed by atoms with Crippen LogP contribution in [0.3, 0.4) is 0 Å². The van der Waals surface area contributed by atoms with Crippen LogP contribution in [-0.2, 0) is 28.6 Å². The number of allylic oxidation sites excluding steroid dienone is 16. The fourth-order valence-corrected chi connectivity index (χ4v) is 9.93. The van der Waals surface area contributed by atoms with Gasteiger partial charge in [0.25, 0.3) is 0 Å². The standard InChI is InChI=1S/C75H130O6/c1-4-7-10-13-16-18-20-22-24-26-28-30-32-34-36-38-40-41-43-45-47-49-51-53-55-57-59-62-65-68-74(77)80-71-72(70-79-73(76)67-64-61-15-12-9-6-3)81-75(78)69-66-63-60-58-56-54-52-50-48-46-44-42-39-37-35-33-31-29-27-25-23-21-19-17-14-11-8-5-2/h7,10,16,18,22,24,28,30,34,36,40-41,45,47,51,53,72H,4-6,8-9,11-15,17,19-21,23,25-27,29,31-33,35,37-39,42-44,46,48-50,52,54-71H2,1-3H3/b10-7-,18-16-,24-22-,30-28-,36-34-,41-40-,47-45-,53-51-. The second kappa shape index (κ2) is 68.8. The van der Waals surface area contributed by atoms with E-state index in [1.807, 2.05) is 0 Å². The van der Waals surface area contributed by atoms with Crippen molar-refractivity contribution in [3.8, 4) is 0 Å². The van der Waals surface area contributed by atoms with Gasteiger partial charge >= 0.3 is 17.9 Å². The first-order valence-electron chi connectivity index (χ1n) is 34.7. The molecule has 0 heterocycles. The Hall–Kier alpha value is -3.67. The minimum absolute atomic E-state index is 0.0833. The van der Waals surface area contributed by atoms with Gasteiger partial charge in [0.05, 0.1) is 0 Å². The number of hydrogen-bond acceptors (Lipinski definition) is 6. The minimum Gasteiger partial charge on any atom is -0.462 e. The van der Waals surface area contributed by atoms with Crippen molar-refractivity contribution in [2.24, 2.45) is 0 Å². The summed E-state index contributed by atoms with van der Waals surface area (Å²) in [5.41, 5.74) is 0. The molecule has 0 rings (SSSR count). The molecule has 0 radical (unpaired) electrons. The molecule has 1 unspecified atom stereocenters. The molecule has 0 spiro atoms. The molecule has 0 aliphatic rings. The number of carbonyl (C=O) groups excluding carboxylic acids is 3. The Labute approximate surface area is 502 Å². The average molecular weight is 1130 g/mol. The van der Waals surface area contributed by atoms with Crippen LogP contribution in [0.2, 0.25) is 0 Å². The van der Waals surface area contributed by atoms with Gasteiger partial charge in [-0.3, -0.25) is 14.4 Å². The van der Waals surface area contributed by atoms with Crippen LogP contribution in [0, 0.1) is 0 Å². The normalized spacial score (nSPS) is 12.7. The maximum absolute atomic E-state index is 12.9. The molecule has 1 atom stereocenters. The third kappa shape index (κ3) is 67.0. The summed E-state index contributed by atoms with van der Waals surface area (Å²) in [6.07, 6.45) is 93.3. The van der Waals surface area contributed by atoms with Gasteiger partial charge in [-0.15, -0.1) is 0 Å². The second-order valence-electron chi connectivity index (χ2n) is 23.1. The van der Waals surface area contributed by atoms with E-state index >= 15 is 0 Å². The Morgan fingerprint density at radius 2 is 0.481 bits per heavy atom. The predicted octanol–water partition coefficient (Wildman–Crippen LogP) is 24.0. The summed E-state index contributed by atoms with van der Waals surface area (Å²) in [5.74, 6) is -0.906. The molecule has 0 saturated carbocycles. The van der Waals surface area contributed by atoms with Crippen molar-refractivity contribution in [1.29, 1.82) is 0 Å². The van der Waals surface area contributed by atoms with Crippen molar-refractivity contribution >= 4 is 17.9 Å². The summed E-state index contributed by atoms with van der Waals surface area (Å²) in [4.78, 5) is 38.1. The Morgan fingerprint density at radius 3 is 0.753 bits per heavy atom. The molecule has 81 heavy (non-hydrogen) atoms. The fraction of sp³-hybridized carbons (Fsp3) is 0.747. The van der Waals surface area contributed by atoms with Crippen molar-refractivity contribution in [2.75, 3.05) is 13.2 Å². The molecule has 0 aromatic rings. The number of rotatable bonds is 63. The Kier molecular flexibility index (Phi) is 65.7. The average Bonchev–Trinajstić information content (AvgIpc) is 3.47. The van der Waals surface area contributed by atoms with Gasteiger partial charge < -0.3 is 14.2 Å². The van der Waals surface area contributed by atoms with E-state index in [1.165, 1.54) is 180 Å². The first kappa shape index (κ1) is 77.3. The predicted molar refractivity (Wildman–Crippen MR) is 353 cm³/mol. The fourth-order valence-electron chi connectivity index (χ4n) is 9.93. The molecule has 0 aromatic heterocycles. The van der Waals surface area contributed by atoms with E-state index in [-0.39, 0.29) is 31.1 Å². The van der Waals surface area contributed by atoms with Gasteiger partial charge in [-0.05, 0) is 83.5 Å². The van der Waals surface area contributed by atoms with Gasteiger partial charge in [0.2, 0.25) is 0 Å². The van der Waals surface area contributed by atoms with Crippen molar-refractivity contribution in [3.05, 3.63) is 97.2 Å². The number of ether oxygens (including phenoxy) is 3. The molecule has 466 valence electrons. The van der Waals surface area contributed by atoms with Gasteiger partial charge in [0, 0.05) is 19.3 Å². The first-order chi connectivity index (χ1) is 40.0. The third-order valence-corrected chi connectivity index (χ3v) is 15.1. The first-order valence-corrected chi connectivity index (χ1v) is 34.7. The highest BCUT2D eigenvalue weighted by Crippen LogP contribution is 2.18. The molecule has 0 bridgehead atoms. The van der Waals surface area contributed by atoms with Crippen molar-refractivity contribution < 1.29 is 28.6 Å². The molecule has 0 aliphatic carbocycles. The van der Waals surface area contributed by atoms with Gasteiger partial charge in [-0.2, -0.15) is 0 Å². The number of hydrogen-bond donors (Lipinski definition) is 0. The monoisotopic (exact) mass is 1130 g/mol. The lowest BCUT2D eigenvalue weighted by atomic mass is 10.0. The smallest absolute Gasteiger partial charge is 0.306 e. The highest BCUT2D eigenvalue weighted by Gasteiger charge is 2.19. The summed E-state index contributed by atoms with van der Waals surface area (Å²) in [6.45, 7) is 6.48. The molecular weight excluding hydrogens is 997 g/mol. The van der Waals surface area contributed by atoms with Gasteiger partial charge in [0.15, 0.2) is 6.10 Å². The highest BCUT2D eigenvalue weighted by molar-refractivity contribution is 5.71. The van der Waals surface area contributed by atoms with Crippen LogP contribution in [0.4, 0.5) is 0 Å². The molecule has 6 heteroatoms. The molecule has 0 fully saturated rings. The number of esters is 3. The van der Waals surface area contributed by atoms with Crippen molar-refractivity contribution in [1.82, 2.24) is 0 Å². The Balaban J connectivity index is 4.10. The van der Waals surface area contributed by atoms with E-state index in [0.29, 0.717) is 19.3 Å². The molecule has 0 aliphatic heterocycles. The van der Waals surface area contributed by atoms with E-state index in [1.54, 1.807) is 0 Å². The quantitative estimate of drug-likeness (QED) is 0.0261. The lowest BCUT2D eigenvalue weighted by Crippen LogP contribution is -2.30. The zero-order chi connectivity index (χ0) is 58.5. The van der Waals surface area contributed by atoms with Crippen LogP contribution in [-0.4, -0.2) is 37.2 Å². The van der Waals surface area contributed by atoms with Crippen molar-refractivity contribution in [2.45, 2.75) is 348 Å².